The van der Waals surface area contributed by atoms with Crippen LogP contribution in [-0.4, -0.2) is 40.6 Å². The summed E-state index contributed by atoms with van der Waals surface area (Å²) < 4.78 is 36.1. The molecule has 0 unspecified atom stereocenters. The second-order valence-corrected chi connectivity index (χ2v) is 7.52. The number of sulfonamides is 1. The van der Waals surface area contributed by atoms with Gasteiger partial charge in [0.25, 0.3) is 5.91 Å². The number of amides is 1. The highest BCUT2D eigenvalue weighted by atomic mass is 32.2. The van der Waals surface area contributed by atoms with Gasteiger partial charge in [0.1, 0.15) is 5.75 Å². The lowest BCUT2D eigenvalue weighted by Gasteiger charge is -2.08. The van der Waals surface area contributed by atoms with Gasteiger partial charge in [-0.2, -0.15) is 4.72 Å². The smallest absolute Gasteiger partial charge is 0.338 e. The van der Waals surface area contributed by atoms with Crippen molar-refractivity contribution in [1.82, 2.24) is 10.0 Å². The minimum absolute atomic E-state index is 0.0414. The van der Waals surface area contributed by atoms with E-state index in [-0.39, 0.29) is 23.5 Å². The fourth-order valence-corrected chi connectivity index (χ4v) is 3.17. The molecule has 0 fully saturated rings. The molecule has 2 aromatic rings. The Morgan fingerprint density at radius 1 is 1.14 bits per heavy atom. The number of terminal acetylenes is 1. The Labute approximate surface area is 169 Å². The molecule has 8 nitrogen and oxygen atoms in total. The Bertz CT molecular complexity index is 1010. The van der Waals surface area contributed by atoms with Crippen LogP contribution in [0.1, 0.15) is 15.9 Å². The highest BCUT2D eigenvalue weighted by Crippen LogP contribution is 2.13. The average molecular weight is 416 g/mol. The van der Waals surface area contributed by atoms with Crippen LogP contribution in [0.15, 0.2) is 53.4 Å². The Morgan fingerprint density at radius 3 is 2.52 bits per heavy atom. The first-order valence-electron chi connectivity index (χ1n) is 8.45. The molecule has 0 aliphatic rings. The molecule has 0 heterocycles. The topological polar surface area (TPSA) is 111 Å². The molecular weight excluding hydrogens is 396 g/mol. The third-order valence-electron chi connectivity index (χ3n) is 3.72. The number of hydrogen-bond acceptors (Lipinski definition) is 6. The van der Waals surface area contributed by atoms with Gasteiger partial charge in [-0.25, -0.2) is 13.2 Å². The quantitative estimate of drug-likeness (QED) is 0.468. The molecule has 29 heavy (non-hydrogen) atoms. The van der Waals surface area contributed by atoms with E-state index in [1.54, 1.807) is 25.3 Å². The van der Waals surface area contributed by atoms with Crippen LogP contribution in [-0.2, 0) is 26.1 Å². The van der Waals surface area contributed by atoms with E-state index >= 15 is 0 Å². The summed E-state index contributed by atoms with van der Waals surface area (Å²) in [6.45, 7) is -0.353. The summed E-state index contributed by atoms with van der Waals surface area (Å²) in [4.78, 5) is 23.9. The third-order valence-corrected chi connectivity index (χ3v) is 5.14. The highest BCUT2D eigenvalue weighted by molar-refractivity contribution is 7.89. The summed E-state index contributed by atoms with van der Waals surface area (Å²) in [5.41, 5.74) is 0.945. The van der Waals surface area contributed by atoms with Crippen molar-refractivity contribution in [2.24, 2.45) is 0 Å². The molecule has 0 aliphatic heterocycles. The summed E-state index contributed by atoms with van der Waals surface area (Å²) >= 11 is 0. The number of hydrogen-bond donors (Lipinski definition) is 2. The maximum Gasteiger partial charge on any atom is 0.338 e. The van der Waals surface area contributed by atoms with Gasteiger partial charge >= 0.3 is 5.97 Å². The molecule has 0 spiro atoms. The lowest BCUT2D eigenvalue weighted by molar-refractivity contribution is -0.124. The monoisotopic (exact) mass is 416 g/mol. The standard InChI is InChI=1S/C20H20N2O6S/c1-3-11-22-29(25,26)18-9-7-16(8-10-18)20(24)28-14-19(23)21-13-15-5-4-6-17(12-15)27-2/h1,4-10,12,22H,11,13-14H2,2H3,(H,21,23). The van der Waals surface area contributed by atoms with Gasteiger partial charge in [-0.3, -0.25) is 4.79 Å². The minimum Gasteiger partial charge on any atom is -0.497 e. The van der Waals surface area contributed by atoms with E-state index in [2.05, 4.69) is 16.0 Å². The van der Waals surface area contributed by atoms with Crippen LogP contribution in [0.4, 0.5) is 0 Å². The van der Waals surface area contributed by atoms with Gasteiger partial charge in [0, 0.05) is 6.54 Å². The van der Waals surface area contributed by atoms with E-state index in [1.807, 2.05) is 6.07 Å². The van der Waals surface area contributed by atoms with Crippen LogP contribution >= 0.6 is 0 Å². The fourth-order valence-electron chi connectivity index (χ4n) is 2.24. The minimum atomic E-state index is -3.75. The molecule has 0 radical (unpaired) electrons. The average Bonchev–Trinajstić information content (AvgIpc) is 2.74. The van der Waals surface area contributed by atoms with Crippen molar-refractivity contribution in [2.45, 2.75) is 11.4 Å². The summed E-state index contributed by atoms with van der Waals surface area (Å²) in [5, 5.41) is 2.63. The fraction of sp³-hybridized carbons (Fsp3) is 0.200. The van der Waals surface area contributed by atoms with Crippen LogP contribution in [0.3, 0.4) is 0 Å². The molecule has 2 rings (SSSR count). The lowest BCUT2D eigenvalue weighted by Crippen LogP contribution is -2.28. The Kier molecular flexibility index (Phi) is 7.77. The molecule has 152 valence electrons. The first-order chi connectivity index (χ1) is 13.9. The maximum atomic E-state index is 12.0. The van der Waals surface area contributed by atoms with E-state index in [0.717, 1.165) is 5.56 Å². The zero-order valence-corrected chi connectivity index (χ0v) is 16.5. The van der Waals surface area contributed by atoms with Crippen molar-refractivity contribution >= 4 is 21.9 Å². The van der Waals surface area contributed by atoms with Gasteiger partial charge in [0.15, 0.2) is 6.61 Å². The van der Waals surface area contributed by atoms with Gasteiger partial charge < -0.3 is 14.8 Å². The van der Waals surface area contributed by atoms with Gasteiger partial charge in [-0.1, -0.05) is 18.1 Å². The van der Waals surface area contributed by atoms with Crippen molar-refractivity contribution < 1.29 is 27.5 Å². The van der Waals surface area contributed by atoms with Crippen LogP contribution < -0.4 is 14.8 Å². The summed E-state index contributed by atoms with van der Waals surface area (Å²) in [6, 6.07) is 12.3. The number of ether oxygens (including phenoxy) is 2. The highest BCUT2D eigenvalue weighted by Gasteiger charge is 2.15. The Hall–Kier alpha value is -3.35. The van der Waals surface area contributed by atoms with Crippen LogP contribution in [0.2, 0.25) is 0 Å². The molecule has 0 bridgehead atoms. The van der Waals surface area contributed by atoms with Crippen molar-refractivity contribution in [3.8, 4) is 18.1 Å². The lowest BCUT2D eigenvalue weighted by atomic mass is 10.2. The molecule has 0 saturated heterocycles. The molecule has 0 aliphatic carbocycles. The zero-order chi connectivity index (χ0) is 21.3. The number of nitrogens with one attached hydrogen (secondary N) is 2. The molecule has 0 atom stereocenters. The Morgan fingerprint density at radius 2 is 1.86 bits per heavy atom. The molecule has 0 aromatic heterocycles. The first kappa shape index (κ1) is 21.9. The molecule has 0 saturated carbocycles. The number of carbonyl (C=O) groups is 2. The van der Waals surface area contributed by atoms with Crippen molar-refractivity contribution in [2.75, 3.05) is 20.3 Å². The first-order valence-corrected chi connectivity index (χ1v) is 9.94. The van der Waals surface area contributed by atoms with Gasteiger partial charge in [0.2, 0.25) is 10.0 Å². The predicted octanol–water partition coefficient (Wildman–Crippen LogP) is 1.08. The molecule has 2 aromatic carbocycles. The number of benzene rings is 2. The predicted molar refractivity (Wildman–Crippen MR) is 106 cm³/mol. The second-order valence-electron chi connectivity index (χ2n) is 5.76. The van der Waals surface area contributed by atoms with E-state index < -0.39 is 28.5 Å². The van der Waals surface area contributed by atoms with Gasteiger partial charge in [0.05, 0.1) is 24.1 Å². The molecule has 2 N–H and O–H groups in total. The van der Waals surface area contributed by atoms with Gasteiger partial charge in [-0.15, -0.1) is 6.42 Å². The maximum absolute atomic E-state index is 12.0. The largest absolute Gasteiger partial charge is 0.497 e. The number of rotatable bonds is 9. The number of methoxy groups -OCH3 is 1. The third kappa shape index (κ3) is 6.64. The summed E-state index contributed by atoms with van der Waals surface area (Å²) in [7, 11) is -2.20. The molecule has 1 amide bonds. The van der Waals surface area contributed by atoms with E-state index in [1.165, 1.54) is 24.3 Å². The van der Waals surface area contributed by atoms with Crippen LogP contribution in [0, 0.1) is 12.3 Å². The molecular formula is C20H20N2O6S. The van der Waals surface area contributed by atoms with Gasteiger partial charge in [-0.05, 0) is 42.0 Å². The van der Waals surface area contributed by atoms with Crippen molar-refractivity contribution in [3.05, 3.63) is 59.7 Å². The number of esters is 1. The zero-order valence-electron chi connectivity index (χ0n) is 15.7. The van der Waals surface area contributed by atoms with Crippen molar-refractivity contribution in [3.63, 3.8) is 0 Å². The Balaban J connectivity index is 1.85. The van der Waals surface area contributed by atoms with E-state index in [0.29, 0.717) is 5.75 Å². The van der Waals surface area contributed by atoms with E-state index in [4.69, 9.17) is 15.9 Å². The number of carbonyl (C=O) groups excluding carboxylic acids is 2. The van der Waals surface area contributed by atoms with Crippen molar-refractivity contribution in [1.29, 1.82) is 0 Å². The van der Waals surface area contributed by atoms with Crippen LogP contribution in [0.5, 0.6) is 5.75 Å². The van der Waals surface area contributed by atoms with Crippen LogP contribution in [0.25, 0.3) is 0 Å². The second kappa shape index (κ2) is 10.3. The summed E-state index contributed by atoms with van der Waals surface area (Å²) in [5.74, 6) is 1.62. The normalized spacial score (nSPS) is 10.6. The van der Waals surface area contributed by atoms with E-state index in [9.17, 15) is 18.0 Å². The molecule has 9 heteroatoms. The summed E-state index contributed by atoms with van der Waals surface area (Å²) in [6.07, 6.45) is 5.03. The SMILES string of the molecule is C#CCNS(=O)(=O)c1ccc(C(=O)OCC(=O)NCc2cccc(OC)c2)cc1.